The molecule has 0 unspecified atom stereocenters. The number of nitrogens with zero attached hydrogens (tertiary/aromatic N) is 3. The van der Waals surface area contributed by atoms with Crippen LogP contribution >= 0.6 is 0 Å². The predicted octanol–water partition coefficient (Wildman–Crippen LogP) is 4.45. The summed E-state index contributed by atoms with van der Waals surface area (Å²) in [4.78, 5) is 27.8. The molecule has 11 heteroatoms. The Morgan fingerprint density at radius 3 is 2.64 bits per heavy atom. The molecular formula is C25H32FN7O3. The van der Waals surface area contributed by atoms with Crippen LogP contribution < -0.4 is 21.7 Å². The molecule has 4 rings (SSSR count). The van der Waals surface area contributed by atoms with Gasteiger partial charge in [-0.1, -0.05) is 19.3 Å². The van der Waals surface area contributed by atoms with E-state index >= 15 is 4.39 Å². The number of benzene rings is 1. The van der Waals surface area contributed by atoms with E-state index in [9.17, 15) is 14.7 Å². The highest BCUT2D eigenvalue weighted by Gasteiger charge is 2.31. The SMILES string of the molecule is CCn1ncc2cc(Nc3nc(N[C@H](C4CCCCC4)[C@H](C)NC(=O)O)c(F)cc3C(N)=O)ccc21. The van der Waals surface area contributed by atoms with Gasteiger partial charge in [0.25, 0.3) is 5.91 Å². The van der Waals surface area contributed by atoms with Gasteiger partial charge in [-0.2, -0.15) is 5.10 Å². The topological polar surface area (TPSA) is 147 Å². The number of nitrogens with one attached hydrogen (secondary N) is 3. The highest BCUT2D eigenvalue weighted by Crippen LogP contribution is 2.32. The lowest BCUT2D eigenvalue weighted by Gasteiger charge is -2.35. The Bertz CT molecular complexity index is 1260. The third-order valence-electron chi connectivity index (χ3n) is 6.80. The van der Waals surface area contributed by atoms with E-state index in [1.54, 1.807) is 13.1 Å². The van der Waals surface area contributed by atoms with Crippen molar-refractivity contribution in [3.63, 3.8) is 0 Å². The summed E-state index contributed by atoms with van der Waals surface area (Å²) in [5.74, 6) is -1.38. The number of aromatic nitrogens is 3. The number of hydrogen-bond acceptors (Lipinski definition) is 6. The lowest BCUT2D eigenvalue weighted by atomic mass is 9.81. The van der Waals surface area contributed by atoms with Crippen LogP contribution in [0, 0.1) is 11.7 Å². The predicted molar refractivity (Wildman–Crippen MR) is 136 cm³/mol. The first-order valence-electron chi connectivity index (χ1n) is 12.3. The van der Waals surface area contributed by atoms with Crippen molar-refractivity contribution in [1.29, 1.82) is 0 Å². The molecule has 0 aliphatic heterocycles. The molecule has 3 aromatic rings. The molecule has 36 heavy (non-hydrogen) atoms. The van der Waals surface area contributed by atoms with E-state index in [1.807, 2.05) is 29.8 Å². The third kappa shape index (κ3) is 5.50. The summed E-state index contributed by atoms with van der Waals surface area (Å²) < 4.78 is 17.0. The van der Waals surface area contributed by atoms with Gasteiger partial charge in [-0.15, -0.1) is 0 Å². The van der Waals surface area contributed by atoms with Crippen LogP contribution in [-0.2, 0) is 6.54 Å². The van der Waals surface area contributed by atoms with E-state index in [1.165, 1.54) is 0 Å². The molecule has 2 heterocycles. The Morgan fingerprint density at radius 2 is 1.97 bits per heavy atom. The van der Waals surface area contributed by atoms with Gasteiger partial charge in [0.15, 0.2) is 11.6 Å². The van der Waals surface area contributed by atoms with Crippen LogP contribution in [0.1, 0.15) is 56.3 Å². The van der Waals surface area contributed by atoms with Crippen molar-refractivity contribution in [2.24, 2.45) is 11.7 Å². The Kier molecular flexibility index (Phi) is 7.56. The van der Waals surface area contributed by atoms with Crippen molar-refractivity contribution in [2.45, 2.75) is 64.6 Å². The second-order valence-electron chi connectivity index (χ2n) is 9.24. The summed E-state index contributed by atoms with van der Waals surface area (Å²) >= 11 is 0. The minimum absolute atomic E-state index is 0.0722. The van der Waals surface area contributed by atoms with Gasteiger partial charge in [0.1, 0.15) is 5.82 Å². The number of halogens is 1. The van der Waals surface area contributed by atoms with Gasteiger partial charge in [0.05, 0.1) is 23.3 Å². The van der Waals surface area contributed by atoms with E-state index in [0.29, 0.717) is 5.69 Å². The Labute approximate surface area is 208 Å². The van der Waals surface area contributed by atoms with Gasteiger partial charge < -0.3 is 26.8 Å². The maximum absolute atomic E-state index is 15.1. The average Bonchev–Trinajstić information content (AvgIpc) is 3.26. The zero-order valence-electron chi connectivity index (χ0n) is 20.4. The van der Waals surface area contributed by atoms with Crippen LogP contribution in [0.25, 0.3) is 10.9 Å². The molecule has 2 amide bonds. The van der Waals surface area contributed by atoms with Gasteiger partial charge in [-0.3, -0.25) is 9.48 Å². The Hall–Kier alpha value is -3.89. The number of aryl methyl sites for hydroxylation is 1. The number of hydrogen-bond donors (Lipinski definition) is 5. The highest BCUT2D eigenvalue weighted by molar-refractivity contribution is 5.99. The lowest BCUT2D eigenvalue weighted by Crippen LogP contribution is -2.49. The molecule has 6 N–H and O–H groups in total. The molecule has 2 atom stereocenters. The maximum atomic E-state index is 15.1. The molecule has 0 saturated heterocycles. The van der Waals surface area contributed by atoms with E-state index < -0.39 is 23.9 Å². The van der Waals surface area contributed by atoms with Crippen molar-refractivity contribution < 1.29 is 19.1 Å². The number of carbonyl (C=O) groups excluding carboxylic acids is 1. The lowest BCUT2D eigenvalue weighted by molar-refractivity contribution is 0.1000. The second-order valence-corrected chi connectivity index (χ2v) is 9.24. The number of primary amides is 1. The molecule has 2 aromatic heterocycles. The van der Waals surface area contributed by atoms with Crippen LogP contribution in [0.15, 0.2) is 30.5 Å². The van der Waals surface area contributed by atoms with Crippen molar-refractivity contribution in [3.05, 3.63) is 41.8 Å². The van der Waals surface area contributed by atoms with Crippen molar-refractivity contribution in [2.75, 3.05) is 10.6 Å². The number of amides is 2. The molecule has 0 radical (unpaired) electrons. The monoisotopic (exact) mass is 497 g/mol. The van der Waals surface area contributed by atoms with Gasteiger partial charge in [-0.05, 0) is 56.9 Å². The number of rotatable bonds is 9. The molecular weight excluding hydrogens is 465 g/mol. The smallest absolute Gasteiger partial charge is 0.404 e. The molecule has 1 aliphatic rings. The van der Waals surface area contributed by atoms with E-state index in [2.05, 4.69) is 26.0 Å². The third-order valence-corrected chi connectivity index (χ3v) is 6.80. The molecule has 1 aliphatic carbocycles. The molecule has 1 aromatic carbocycles. The van der Waals surface area contributed by atoms with Gasteiger partial charge in [-0.25, -0.2) is 14.2 Å². The van der Waals surface area contributed by atoms with Crippen molar-refractivity contribution in [3.8, 4) is 0 Å². The van der Waals surface area contributed by atoms with Gasteiger partial charge in [0, 0.05) is 23.7 Å². The summed E-state index contributed by atoms with van der Waals surface area (Å²) in [5, 5.41) is 23.2. The van der Waals surface area contributed by atoms with Gasteiger partial charge in [0.2, 0.25) is 0 Å². The summed E-state index contributed by atoms with van der Waals surface area (Å²) in [6.07, 6.45) is 5.59. The first-order valence-corrected chi connectivity index (χ1v) is 12.3. The van der Waals surface area contributed by atoms with Crippen LogP contribution in [0.2, 0.25) is 0 Å². The van der Waals surface area contributed by atoms with Crippen LogP contribution in [0.4, 0.5) is 26.5 Å². The summed E-state index contributed by atoms with van der Waals surface area (Å²) in [6.45, 7) is 4.48. The van der Waals surface area contributed by atoms with Crippen LogP contribution in [0.3, 0.4) is 0 Å². The first kappa shape index (κ1) is 25.2. The summed E-state index contributed by atoms with van der Waals surface area (Å²) in [7, 11) is 0. The fourth-order valence-electron chi connectivity index (χ4n) is 5.01. The van der Waals surface area contributed by atoms with E-state index in [-0.39, 0.29) is 29.2 Å². The summed E-state index contributed by atoms with van der Waals surface area (Å²) in [6, 6.07) is 5.77. The van der Waals surface area contributed by atoms with E-state index in [0.717, 1.165) is 55.6 Å². The maximum Gasteiger partial charge on any atom is 0.404 e. The quantitative estimate of drug-likeness (QED) is 0.293. The Balaban J connectivity index is 1.66. The normalized spacial score (nSPS) is 15.9. The molecule has 0 spiro atoms. The Morgan fingerprint density at radius 1 is 1.22 bits per heavy atom. The zero-order chi connectivity index (χ0) is 25.8. The first-order chi connectivity index (χ1) is 17.3. The number of anilines is 3. The highest BCUT2D eigenvalue weighted by atomic mass is 19.1. The van der Waals surface area contributed by atoms with Crippen LogP contribution in [-0.4, -0.2) is 44.0 Å². The number of pyridine rings is 1. The molecule has 0 bridgehead atoms. The fourth-order valence-corrected chi connectivity index (χ4v) is 5.01. The molecule has 192 valence electrons. The van der Waals surface area contributed by atoms with E-state index in [4.69, 9.17) is 5.73 Å². The number of carbonyl (C=O) groups is 2. The fraction of sp³-hybridized carbons (Fsp3) is 0.440. The standard InChI is InChI=1S/C25H32FN7O3/c1-3-33-20-10-9-17(11-16(20)13-28-33)30-23-18(22(27)34)12-19(26)24(32-23)31-21(14(2)29-25(35)36)15-7-5-4-6-8-15/h9-15,21,29H,3-8H2,1-2H3,(H2,27,34)(H,35,36)(H2,30,31,32)/t14-,21-/m0/s1. The minimum atomic E-state index is -1.15. The number of carboxylic acid groups (broad SMARTS) is 1. The van der Waals surface area contributed by atoms with Gasteiger partial charge >= 0.3 is 6.09 Å². The van der Waals surface area contributed by atoms with Crippen molar-refractivity contribution >= 4 is 40.2 Å². The average molecular weight is 498 g/mol. The second kappa shape index (κ2) is 10.8. The summed E-state index contributed by atoms with van der Waals surface area (Å²) in [5.41, 5.74) is 7.03. The molecule has 1 fully saturated rings. The zero-order valence-corrected chi connectivity index (χ0v) is 20.4. The number of fused-ring (bicyclic) bond motifs is 1. The largest absolute Gasteiger partial charge is 0.465 e. The number of nitrogens with two attached hydrogens (primary N) is 1. The molecule has 10 nitrogen and oxygen atoms in total. The van der Waals surface area contributed by atoms with Crippen LogP contribution in [0.5, 0.6) is 0 Å². The minimum Gasteiger partial charge on any atom is -0.465 e. The van der Waals surface area contributed by atoms with Crippen molar-refractivity contribution in [1.82, 2.24) is 20.1 Å². The molecule has 1 saturated carbocycles.